The average Bonchev–Trinajstić information content (AvgIpc) is 2.73. The van der Waals surface area contributed by atoms with Crippen molar-refractivity contribution in [2.24, 2.45) is 0 Å². The van der Waals surface area contributed by atoms with Crippen molar-refractivity contribution >= 4 is 22.9 Å². The Morgan fingerprint density at radius 3 is 2.22 bits per heavy atom. The quantitative estimate of drug-likeness (QED) is 0.760. The fraction of sp³-hybridized carbons (Fsp3) is 0.190. The third-order valence-electron chi connectivity index (χ3n) is 4.89. The van der Waals surface area contributed by atoms with Crippen LogP contribution in [0.1, 0.15) is 10.4 Å². The number of para-hydroxylation sites is 1. The zero-order valence-electron chi connectivity index (χ0n) is 14.7. The Labute approximate surface area is 156 Å². The molecule has 0 bridgehead atoms. The van der Waals surface area contributed by atoms with Crippen molar-refractivity contribution in [3.05, 3.63) is 66.4 Å². The number of carbonyl (C=O) groups is 2. The lowest BCUT2D eigenvalue weighted by Crippen LogP contribution is -2.50. The number of fused-ring (bicyclic) bond motifs is 1. The highest BCUT2D eigenvalue weighted by Crippen LogP contribution is 2.23. The molecule has 6 heteroatoms. The van der Waals surface area contributed by atoms with Crippen molar-refractivity contribution in [3.63, 3.8) is 0 Å². The molecule has 2 heterocycles. The molecule has 1 saturated heterocycles. The van der Waals surface area contributed by atoms with E-state index in [1.165, 1.54) is 4.90 Å². The number of carboxylic acid groups (broad SMARTS) is 1. The van der Waals surface area contributed by atoms with Gasteiger partial charge in [0.05, 0.1) is 5.52 Å². The van der Waals surface area contributed by atoms with Crippen molar-refractivity contribution in [3.8, 4) is 11.1 Å². The number of piperazine rings is 1. The predicted molar refractivity (Wildman–Crippen MR) is 103 cm³/mol. The van der Waals surface area contributed by atoms with E-state index in [1.807, 2.05) is 54.7 Å². The van der Waals surface area contributed by atoms with Crippen LogP contribution in [0.4, 0.5) is 4.79 Å². The van der Waals surface area contributed by atoms with Gasteiger partial charge in [0.2, 0.25) is 0 Å². The zero-order chi connectivity index (χ0) is 18.8. The number of rotatable bonds is 2. The summed E-state index contributed by atoms with van der Waals surface area (Å²) in [6.45, 7) is 1.53. The lowest BCUT2D eigenvalue weighted by Gasteiger charge is -2.33. The maximum Gasteiger partial charge on any atom is 0.407 e. The van der Waals surface area contributed by atoms with Gasteiger partial charge < -0.3 is 14.9 Å². The number of carbonyl (C=O) groups excluding carboxylic acids is 1. The minimum Gasteiger partial charge on any atom is -0.465 e. The maximum atomic E-state index is 12.6. The molecule has 2 aromatic carbocycles. The van der Waals surface area contributed by atoms with Gasteiger partial charge in [-0.05, 0) is 29.8 Å². The van der Waals surface area contributed by atoms with E-state index in [-0.39, 0.29) is 5.91 Å². The lowest BCUT2D eigenvalue weighted by atomic mass is 10.0. The molecule has 1 aliphatic rings. The molecule has 136 valence electrons. The van der Waals surface area contributed by atoms with Crippen LogP contribution in [0.15, 0.2) is 60.8 Å². The summed E-state index contributed by atoms with van der Waals surface area (Å²) in [7, 11) is 0. The SMILES string of the molecule is O=C(O)N1CCN(C(=O)c2ccc(-c3cnc4ccccc4c3)cc2)CC1. The second kappa shape index (κ2) is 7.07. The van der Waals surface area contributed by atoms with Crippen LogP contribution < -0.4 is 0 Å². The monoisotopic (exact) mass is 361 g/mol. The largest absolute Gasteiger partial charge is 0.465 e. The molecule has 0 saturated carbocycles. The molecule has 1 fully saturated rings. The molecule has 4 rings (SSSR count). The van der Waals surface area contributed by atoms with Gasteiger partial charge in [-0.2, -0.15) is 0 Å². The number of aromatic nitrogens is 1. The molecule has 0 atom stereocenters. The molecule has 1 N–H and O–H groups in total. The smallest absolute Gasteiger partial charge is 0.407 e. The Morgan fingerprint density at radius 2 is 1.52 bits per heavy atom. The van der Waals surface area contributed by atoms with Crippen LogP contribution in [0, 0.1) is 0 Å². The van der Waals surface area contributed by atoms with Gasteiger partial charge in [0.25, 0.3) is 5.91 Å². The lowest BCUT2D eigenvalue weighted by molar-refractivity contribution is 0.0625. The third kappa shape index (κ3) is 3.46. The van der Waals surface area contributed by atoms with Gasteiger partial charge >= 0.3 is 6.09 Å². The van der Waals surface area contributed by atoms with E-state index in [2.05, 4.69) is 11.1 Å². The first kappa shape index (κ1) is 17.0. The van der Waals surface area contributed by atoms with E-state index in [4.69, 9.17) is 5.11 Å². The summed E-state index contributed by atoms with van der Waals surface area (Å²) >= 11 is 0. The van der Waals surface area contributed by atoms with Gasteiger partial charge in [-0.3, -0.25) is 9.78 Å². The summed E-state index contributed by atoms with van der Waals surface area (Å²) in [6.07, 6.45) is 0.903. The molecule has 2 amide bonds. The van der Waals surface area contributed by atoms with Crippen molar-refractivity contribution < 1.29 is 14.7 Å². The minimum absolute atomic E-state index is 0.0665. The normalized spacial score (nSPS) is 14.4. The Bertz CT molecular complexity index is 993. The van der Waals surface area contributed by atoms with Crippen molar-refractivity contribution in [2.75, 3.05) is 26.2 Å². The van der Waals surface area contributed by atoms with Gasteiger partial charge in [-0.1, -0.05) is 30.3 Å². The van der Waals surface area contributed by atoms with E-state index in [1.54, 1.807) is 4.90 Å². The molecule has 1 aliphatic heterocycles. The third-order valence-corrected chi connectivity index (χ3v) is 4.89. The summed E-state index contributed by atoms with van der Waals surface area (Å²) in [4.78, 5) is 31.1. The first-order valence-electron chi connectivity index (χ1n) is 8.84. The molecule has 0 unspecified atom stereocenters. The summed E-state index contributed by atoms with van der Waals surface area (Å²) in [5, 5.41) is 10.1. The van der Waals surface area contributed by atoms with Crippen LogP contribution in [-0.2, 0) is 0 Å². The Morgan fingerprint density at radius 1 is 0.852 bits per heavy atom. The number of pyridine rings is 1. The second-order valence-electron chi connectivity index (χ2n) is 6.56. The molecule has 0 aliphatic carbocycles. The zero-order valence-corrected chi connectivity index (χ0v) is 14.7. The molecule has 27 heavy (non-hydrogen) atoms. The first-order chi connectivity index (χ1) is 13.1. The van der Waals surface area contributed by atoms with Crippen LogP contribution >= 0.6 is 0 Å². The average molecular weight is 361 g/mol. The number of nitrogens with zero attached hydrogens (tertiary/aromatic N) is 3. The Hall–Kier alpha value is -3.41. The predicted octanol–water partition coefficient (Wildman–Crippen LogP) is 3.34. The van der Waals surface area contributed by atoms with E-state index in [0.717, 1.165) is 22.0 Å². The first-order valence-corrected chi connectivity index (χ1v) is 8.84. The highest BCUT2D eigenvalue weighted by Gasteiger charge is 2.24. The van der Waals surface area contributed by atoms with Crippen LogP contribution in [0.2, 0.25) is 0 Å². The topological polar surface area (TPSA) is 73.7 Å². The summed E-state index contributed by atoms with van der Waals surface area (Å²) < 4.78 is 0. The summed E-state index contributed by atoms with van der Waals surface area (Å²) in [5.41, 5.74) is 3.56. The highest BCUT2D eigenvalue weighted by molar-refractivity contribution is 5.95. The maximum absolute atomic E-state index is 12.6. The molecular formula is C21H19N3O3. The van der Waals surface area contributed by atoms with E-state index in [9.17, 15) is 9.59 Å². The fourth-order valence-electron chi connectivity index (χ4n) is 3.32. The standard InChI is InChI=1S/C21H19N3O3/c25-20(23-9-11-24(12-10-23)21(26)27)16-7-5-15(6-8-16)18-13-17-3-1-2-4-19(17)22-14-18/h1-8,13-14H,9-12H2,(H,26,27). The molecule has 0 spiro atoms. The van der Waals surface area contributed by atoms with Crippen LogP contribution in [0.5, 0.6) is 0 Å². The molecule has 6 nitrogen and oxygen atoms in total. The van der Waals surface area contributed by atoms with Crippen molar-refractivity contribution in [2.45, 2.75) is 0 Å². The van der Waals surface area contributed by atoms with Crippen molar-refractivity contribution in [1.29, 1.82) is 0 Å². The minimum atomic E-state index is -0.935. The molecule has 3 aromatic rings. The Balaban J connectivity index is 1.50. The van der Waals surface area contributed by atoms with E-state index in [0.29, 0.717) is 31.7 Å². The van der Waals surface area contributed by atoms with Gasteiger partial charge in [0, 0.05) is 48.9 Å². The van der Waals surface area contributed by atoms with Gasteiger partial charge in [-0.15, -0.1) is 0 Å². The number of benzene rings is 2. The van der Waals surface area contributed by atoms with E-state index < -0.39 is 6.09 Å². The molecular weight excluding hydrogens is 342 g/mol. The van der Waals surface area contributed by atoms with Gasteiger partial charge in [0.1, 0.15) is 0 Å². The number of hydrogen-bond donors (Lipinski definition) is 1. The second-order valence-corrected chi connectivity index (χ2v) is 6.56. The summed E-state index contributed by atoms with van der Waals surface area (Å²) in [5.74, 6) is -0.0665. The van der Waals surface area contributed by atoms with Crippen LogP contribution in [0.25, 0.3) is 22.0 Å². The van der Waals surface area contributed by atoms with Crippen LogP contribution in [-0.4, -0.2) is 58.1 Å². The van der Waals surface area contributed by atoms with Gasteiger partial charge in [-0.25, -0.2) is 4.79 Å². The summed E-state index contributed by atoms with van der Waals surface area (Å²) in [6, 6.07) is 17.5. The van der Waals surface area contributed by atoms with Crippen molar-refractivity contribution in [1.82, 2.24) is 14.8 Å². The van der Waals surface area contributed by atoms with Crippen LogP contribution in [0.3, 0.4) is 0 Å². The highest BCUT2D eigenvalue weighted by atomic mass is 16.4. The van der Waals surface area contributed by atoms with Gasteiger partial charge in [0.15, 0.2) is 0 Å². The molecule has 1 aromatic heterocycles. The molecule has 0 radical (unpaired) electrons. The number of hydrogen-bond acceptors (Lipinski definition) is 3. The Kier molecular flexibility index (Phi) is 4.46. The van der Waals surface area contributed by atoms with E-state index >= 15 is 0 Å². The fourth-order valence-corrected chi connectivity index (χ4v) is 3.32. The number of amides is 2.